The number of phenols is 2. The molecule has 1 saturated heterocycles. The number of benzene rings is 1. The first-order chi connectivity index (χ1) is 13.1. The molecule has 2 fully saturated rings. The van der Waals surface area contributed by atoms with Gasteiger partial charge in [0.05, 0.1) is 18.7 Å². The number of aromatic nitrogens is 1. The topological polar surface area (TPSA) is 91.8 Å². The van der Waals surface area contributed by atoms with Gasteiger partial charge in [-0.25, -0.2) is 0 Å². The van der Waals surface area contributed by atoms with Gasteiger partial charge in [0.1, 0.15) is 0 Å². The third-order valence-electron chi connectivity index (χ3n) is 5.75. The van der Waals surface area contributed by atoms with Gasteiger partial charge >= 0.3 is 0 Å². The highest BCUT2D eigenvalue weighted by Gasteiger charge is 2.29. The van der Waals surface area contributed by atoms with E-state index in [1.165, 1.54) is 57.3 Å². The second-order valence-corrected chi connectivity index (χ2v) is 7.75. The summed E-state index contributed by atoms with van der Waals surface area (Å²) < 4.78 is 5.41. The zero-order valence-corrected chi connectivity index (χ0v) is 15.8. The van der Waals surface area contributed by atoms with E-state index in [4.69, 9.17) is 10.5 Å². The average Bonchev–Trinajstić information content (AvgIpc) is 3.52. The van der Waals surface area contributed by atoms with E-state index in [1.54, 1.807) is 0 Å². The van der Waals surface area contributed by atoms with E-state index in [9.17, 15) is 10.2 Å². The van der Waals surface area contributed by atoms with Crippen LogP contribution in [0.15, 0.2) is 12.1 Å². The van der Waals surface area contributed by atoms with Gasteiger partial charge in [0.15, 0.2) is 11.5 Å². The summed E-state index contributed by atoms with van der Waals surface area (Å²) in [6, 6.07) is 3.91. The molecule has 5 rings (SSSR count). The van der Waals surface area contributed by atoms with E-state index in [0.717, 1.165) is 30.1 Å². The molecule has 1 aromatic heterocycles. The van der Waals surface area contributed by atoms with Crippen LogP contribution in [0.3, 0.4) is 0 Å². The number of rotatable bonds is 1. The van der Waals surface area contributed by atoms with Crippen LogP contribution in [0.5, 0.6) is 11.5 Å². The van der Waals surface area contributed by atoms with Gasteiger partial charge < -0.3 is 25.6 Å². The number of phenolic OH excluding ortho intramolecular Hbond substituents is 2. The van der Waals surface area contributed by atoms with Crippen molar-refractivity contribution in [3.8, 4) is 11.5 Å². The van der Waals surface area contributed by atoms with Crippen LogP contribution in [0.2, 0.25) is 0 Å². The highest BCUT2D eigenvalue weighted by Crippen LogP contribution is 2.35. The quantitative estimate of drug-likeness (QED) is 0.668. The lowest BCUT2D eigenvalue weighted by molar-refractivity contribution is 0.146. The van der Waals surface area contributed by atoms with Crippen molar-refractivity contribution in [1.82, 2.24) is 9.88 Å². The Kier molecular flexibility index (Phi) is 5.36. The summed E-state index contributed by atoms with van der Waals surface area (Å²) in [5, 5.41) is 19.7. The summed E-state index contributed by atoms with van der Waals surface area (Å²) >= 11 is 0. The van der Waals surface area contributed by atoms with Gasteiger partial charge in [-0.05, 0) is 56.8 Å². The minimum atomic E-state index is -0.181. The van der Waals surface area contributed by atoms with Gasteiger partial charge in [-0.1, -0.05) is 6.42 Å². The lowest BCUT2D eigenvalue weighted by atomic mass is 10.0. The molecule has 0 atom stereocenters. The lowest BCUT2D eigenvalue weighted by Crippen LogP contribution is -2.31. The summed E-state index contributed by atoms with van der Waals surface area (Å²) in [5.74, 6) is -0.361. The lowest BCUT2D eigenvalue weighted by Gasteiger charge is -2.25. The number of nitrogens with two attached hydrogens (primary N) is 1. The minimum Gasteiger partial charge on any atom is -0.504 e. The Labute approximate surface area is 160 Å². The fourth-order valence-corrected chi connectivity index (χ4v) is 4.06. The van der Waals surface area contributed by atoms with Crippen molar-refractivity contribution in [3.05, 3.63) is 23.4 Å². The minimum absolute atomic E-state index is 0.180. The van der Waals surface area contributed by atoms with Crippen LogP contribution in [0.1, 0.15) is 43.4 Å². The molecule has 2 aromatic rings. The Hall–Kier alpha value is -2.05. The highest BCUT2D eigenvalue weighted by atomic mass is 16.5. The van der Waals surface area contributed by atoms with Crippen molar-refractivity contribution >= 4 is 16.6 Å². The van der Waals surface area contributed by atoms with Crippen molar-refractivity contribution in [1.29, 1.82) is 0 Å². The van der Waals surface area contributed by atoms with Gasteiger partial charge in [-0.3, -0.25) is 4.98 Å². The molecule has 0 radical (unpaired) electrons. The monoisotopic (exact) mass is 371 g/mol. The number of hydrogen-bond donors (Lipinski definition) is 3. The molecular formula is C21H29N3O3. The van der Waals surface area contributed by atoms with E-state index in [1.807, 2.05) is 0 Å². The number of likely N-dealkylation sites (tertiary alicyclic amines) is 1. The van der Waals surface area contributed by atoms with Gasteiger partial charge in [-0.15, -0.1) is 0 Å². The number of pyridine rings is 1. The van der Waals surface area contributed by atoms with Crippen molar-refractivity contribution in [2.45, 2.75) is 51.0 Å². The molecule has 3 aliphatic rings. The fourth-order valence-electron chi connectivity index (χ4n) is 4.06. The number of fused-ring (bicyclic) bond motifs is 2. The Bertz CT molecular complexity index is 814. The summed E-state index contributed by atoms with van der Waals surface area (Å²) in [6.45, 7) is 4.05. The Balaban J connectivity index is 0.000000167. The highest BCUT2D eigenvalue weighted by molar-refractivity contribution is 5.94. The number of nitrogen functional groups attached to an aromatic ring is 1. The maximum atomic E-state index is 9.54. The molecule has 1 aliphatic carbocycles. The van der Waals surface area contributed by atoms with Crippen LogP contribution in [-0.2, 0) is 17.6 Å². The Morgan fingerprint density at radius 2 is 1.70 bits per heavy atom. The number of nitrogens with zero attached hydrogens (tertiary/aromatic N) is 2. The first-order valence-corrected chi connectivity index (χ1v) is 10.1. The molecule has 1 aromatic carbocycles. The van der Waals surface area contributed by atoms with Crippen LogP contribution in [0.25, 0.3) is 10.9 Å². The molecule has 6 heteroatoms. The largest absolute Gasteiger partial charge is 0.504 e. The summed E-state index contributed by atoms with van der Waals surface area (Å²) in [7, 11) is 0. The predicted molar refractivity (Wildman–Crippen MR) is 106 cm³/mol. The molecule has 146 valence electrons. The molecule has 27 heavy (non-hydrogen) atoms. The van der Waals surface area contributed by atoms with E-state index < -0.39 is 0 Å². The van der Waals surface area contributed by atoms with Crippen molar-refractivity contribution < 1.29 is 14.9 Å². The Morgan fingerprint density at radius 1 is 1.00 bits per heavy atom. The van der Waals surface area contributed by atoms with E-state index in [2.05, 4.69) is 9.88 Å². The van der Waals surface area contributed by atoms with Gasteiger partial charge in [0, 0.05) is 35.3 Å². The smallest absolute Gasteiger partial charge is 0.159 e. The van der Waals surface area contributed by atoms with Crippen LogP contribution in [-0.4, -0.2) is 52.4 Å². The van der Waals surface area contributed by atoms with E-state index >= 15 is 0 Å². The average molecular weight is 371 g/mol. The normalized spacial score (nSPS) is 20.4. The van der Waals surface area contributed by atoms with Crippen molar-refractivity contribution in [2.24, 2.45) is 0 Å². The van der Waals surface area contributed by atoms with Crippen LogP contribution in [0, 0.1) is 0 Å². The summed E-state index contributed by atoms with van der Waals surface area (Å²) in [5.41, 5.74) is 9.27. The molecule has 4 N–H and O–H groups in total. The first kappa shape index (κ1) is 18.3. The number of aromatic hydroxyl groups is 2. The third kappa shape index (κ3) is 4.12. The number of anilines is 1. The van der Waals surface area contributed by atoms with E-state index in [0.29, 0.717) is 29.8 Å². The first-order valence-electron chi connectivity index (χ1n) is 10.1. The van der Waals surface area contributed by atoms with Crippen molar-refractivity contribution in [2.75, 3.05) is 32.0 Å². The molecule has 3 heterocycles. The zero-order valence-electron chi connectivity index (χ0n) is 15.8. The predicted octanol–water partition coefficient (Wildman–Crippen LogP) is 2.98. The van der Waals surface area contributed by atoms with Crippen molar-refractivity contribution in [3.63, 3.8) is 0 Å². The molecule has 1 saturated carbocycles. The van der Waals surface area contributed by atoms with Crippen LogP contribution in [0.4, 0.5) is 5.69 Å². The van der Waals surface area contributed by atoms with Gasteiger partial charge in [-0.2, -0.15) is 0 Å². The SMILES string of the molecule is C1CCN(C2CC2)CC1.Nc1c2c(nc3cc(O)c(O)cc13)CCOCC2. The second kappa shape index (κ2) is 7.90. The fraction of sp³-hybridized carbons (Fsp3) is 0.571. The summed E-state index contributed by atoms with van der Waals surface area (Å²) in [6.07, 6.45) is 8.80. The molecule has 0 bridgehead atoms. The maximum absolute atomic E-state index is 9.54. The standard InChI is InChI=1S/C13H14N2O3.C8H15N/c14-13-7-1-3-18-4-2-9(7)15-10-6-12(17)11(16)5-8(10)13;1-2-6-9(7-3-1)8-4-5-8/h5-6,16-17H,1-4H2,(H2,14,15);8H,1-7H2. The zero-order chi connectivity index (χ0) is 18.8. The molecule has 0 unspecified atom stereocenters. The van der Waals surface area contributed by atoms with E-state index in [-0.39, 0.29) is 11.5 Å². The van der Waals surface area contributed by atoms with Crippen LogP contribution >= 0.6 is 0 Å². The molecule has 0 amide bonds. The number of hydrogen-bond acceptors (Lipinski definition) is 6. The molecular weight excluding hydrogens is 342 g/mol. The summed E-state index contributed by atoms with van der Waals surface area (Å²) in [4.78, 5) is 7.18. The third-order valence-corrected chi connectivity index (χ3v) is 5.75. The Morgan fingerprint density at radius 3 is 2.44 bits per heavy atom. The van der Waals surface area contributed by atoms with Gasteiger partial charge in [0.2, 0.25) is 0 Å². The van der Waals surface area contributed by atoms with Gasteiger partial charge in [0.25, 0.3) is 0 Å². The number of piperidine rings is 1. The molecule has 2 aliphatic heterocycles. The number of ether oxygens (including phenoxy) is 1. The maximum Gasteiger partial charge on any atom is 0.159 e. The molecule has 0 spiro atoms. The van der Waals surface area contributed by atoms with Crippen LogP contribution < -0.4 is 5.73 Å². The molecule has 6 nitrogen and oxygen atoms in total. The second-order valence-electron chi connectivity index (χ2n) is 7.75.